The van der Waals surface area contributed by atoms with E-state index >= 15 is 0 Å². The number of Topliss-reactive ketones (excluding diaryl/α,β-unsaturated/α-hetero) is 1. The predicted octanol–water partition coefficient (Wildman–Crippen LogP) is 5.30. The van der Waals surface area contributed by atoms with Crippen LogP contribution in [0.25, 0.3) is 0 Å². The summed E-state index contributed by atoms with van der Waals surface area (Å²) in [5.41, 5.74) is 9.88. The fourth-order valence-electron chi connectivity index (χ4n) is 4.15. The maximum atomic E-state index is 12.8. The van der Waals surface area contributed by atoms with Gasteiger partial charge in [-0.15, -0.1) is 0 Å². The summed E-state index contributed by atoms with van der Waals surface area (Å²) < 4.78 is 5.86. The molecule has 0 saturated carbocycles. The zero-order valence-electron chi connectivity index (χ0n) is 17.0. The molecule has 158 valence electrons. The van der Waals surface area contributed by atoms with Crippen LogP contribution in [0, 0.1) is 11.3 Å². The Hall–Kier alpha value is -2.94. The van der Waals surface area contributed by atoms with Gasteiger partial charge in [-0.1, -0.05) is 41.4 Å². The molecule has 0 radical (unpaired) electrons. The number of ketones is 1. The third kappa shape index (κ3) is 4.01. The van der Waals surface area contributed by atoms with Gasteiger partial charge >= 0.3 is 0 Å². The molecule has 2 aromatic carbocycles. The molecule has 0 spiro atoms. The summed E-state index contributed by atoms with van der Waals surface area (Å²) in [7, 11) is 1.80. The molecule has 5 nitrogen and oxygen atoms in total. The van der Waals surface area contributed by atoms with E-state index in [1.807, 2.05) is 18.2 Å². The lowest BCUT2D eigenvalue weighted by Gasteiger charge is -2.37. The summed E-state index contributed by atoms with van der Waals surface area (Å²) in [4.78, 5) is 14.6. The summed E-state index contributed by atoms with van der Waals surface area (Å²) in [6.45, 7) is 0.342. The van der Waals surface area contributed by atoms with Crippen LogP contribution < -0.4 is 10.5 Å². The predicted molar refractivity (Wildman–Crippen MR) is 120 cm³/mol. The highest BCUT2D eigenvalue weighted by Gasteiger charge is 2.38. The number of hydrogen-bond donors (Lipinski definition) is 1. The van der Waals surface area contributed by atoms with Gasteiger partial charge in [0.25, 0.3) is 0 Å². The van der Waals surface area contributed by atoms with Gasteiger partial charge < -0.3 is 15.4 Å². The number of nitrogens with zero attached hydrogens (tertiary/aromatic N) is 2. The Morgan fingerprint density at radius 2 is 1.94 bits per heavy atom. The average molecular weight is 454 g/mol. The van der Waals surface area contributed by atoms with Crippen molar-refractivity contribution in [3.05, 3.63) is 86.3 Å². The van der Waals surface area contributed by atoms with Gasteiger partial charge in [0.15, 0.2) is 5.78 Å². The maximum Gasteiger partial charge on any atom is 0.161 e. The normalized spacial score (nSPS) is 18.7. The third-order valence-corrected chi connectivity index (χ3v) is 6.31. The van der Waals surface area contributed by atoms with Crippen molar-refractivity contribution in [2.24, 2.45) is 5.73 Å². The molecule has 0 saturated heterocycles. The van der Waals surface area contributed by atoms with E-state index in [9.17, 15) is 10.1 Å². The van der Waals surface area contributed by atoms with Crippen LogP contribution in [0.2, 0.25) is 10.0 Å². The second kappa shape index (κ2) is 8.66. The summed E-state index contributed by atoms with van der Waals surface area (Å²) >= 11 is 12.4. The first-order valence-electron chi connectivity index (χ1n) is 9.97. The number of allylic oxidation sites excluding steroid dienone is 3. The minimum absolute atomic E-state index is 0.0533. The zero-order chi connectivity index (χ0) is 22.1. The van der Waals surface area contributed by atoms with Gasteiger partial charge in [-0.3, -0.25) is 4.79 Å². The van der Waals surface area contributed by atoms with Gasteiger partial charge in [0.05, 0.1) is 22.6 Å². The highest BCUT2D eigenvalue weighted by Crippen LogP contribution is 2.45. The van der Waals surface area contributed by atoms with Crippen molar-refractivity contribution in [2.45, 2.75) is 31.8 Å². The molecule has 0 fully saturated rings. The lowest BCUT2D eigenvalue weighted by molar-refractivity contribution is -0.116. The van der Waals surface area contributed by atoms with E-state index in [1.54, 1.807) is 36.2 Å². The number of hydrogen-bond acceptors (Lipinski definition) is 5. The van der Waals surface area contributed by atoms with Crippen molar-refractivity contribution in [2.75, 3.05) is 7.05 Å². The number of rotatable bonds is 4. The van der Waals surface area contributed by atoms with Crippen LogP contribution in [-0.4, -0.2) is 17.7 Å². The van der Waals surface area contributed by atoms with E-state index in [1.165, 1.54) is 0 Å². The molecule has 7 heteroatoms. The second-order valence-corrected chi connectivity index (χ2v) is 8.49. The molecular weight excluding hydrogens is 433 g/mol. The van der Waals surface area contributed by atoms with Gasteiger partial charge in [0, 0.05) is 29.8 Å². The Morgan fingerprint density at radius 1 is 1.19 bits per heavy atom. The molecule has 31 heavy (non-hydrogen) atoms. The van der Waals surface area contributed by atoms with Crippen LogP contribution in [0.15, 0.2) is 65.1 Å². The van der Waals surface area contributed by atoms with Crippen LogP contribution in [0.4, 0.5) is 0 Å². The topological polar surface area (TPSA) is 79.3 Å². The molecule has 4 rings (SSSR count). The van der Waals surface area contributed by atoms with Gasteiger partial charge in [-0.05, 0) is 48.2 Å². The zero-order valence-corrected chi connectivity index (χ0v) is 18.5. The minimum Gasteiger partial charge on any atom is -0.487 e. The standard InChI is InChI=1S/C24H21Cl2N3O2/c1-29-19-3-2-4-20(30)23(19)22(17(12-27)24(29)28)15-7-10-21(18(26)11-15)31-13-14-5-8-16(25)9-6-14/h5-11,22H,2-4,13,28H2,1H3/t22-/m1/s1. The van der Waals surface area contributed by atoms with Crippen molar-refractivity contribution in [3.63, 3.8) is 0 Å². The quantitative estimate of drug-likeness (QED) is 0.678. The number of nitrogens with two attached hydrogens (primary N) is 1. The van der Waals surface area contributed by atoms with E-state index < -0.39 is 5.92 Å². The first-order valence-corrected chi connectivity index (χ1v) is 10.7. The fourth-order valence-corrected chi connectivity index (χ4v) is 4.52. The molecule has 1 aliphatic heterocycles. The van der Waals surface area contributed by atoms with Crippen molar-refractivity contribution in [1.82, 2.24) is 4.90 Å². The average Bonchev–Trinajstić information content (AvgIpc) is 2.76. The van der Waals surface area contributed by atoms with Crippen LogP contribution in [0.1, 0.15) is 36.3 Å². The Kier molecular flexibility index (Phi) is 5.95. The first kappa shape index (κ1) is 21.3. The van der Waals surface area contributed by atoms with Gasteiger partial charge in [0.2, 0.25) is 0 Å². The van der Waals surface area contributed by atoms with Crippen LogP contribution in [0.5, 0.6) is 5.75 Å². The van der Waals surface area contributed by atoms with E-state index in [4.69, 9.17) is 33.7 Å². The smallest absolute Gasteiger partial charge is 0.161 e. The number of benzene rings is 2. The Bertz CT molecular complexity index is 1150. The molecule has 0 amide bonds. The molecule has 2 aromatic rings. The van der Waals surface area contributed by atoms with Crippen LogP contribution in [-0.2, 0) is 11.4 Å². The molecule has 1 atom stereocenters. The highest BCUT2D eigenvalue weighted by atomic mass is 35.5. The number of halogens is 2. The van der Waals surface area contributed by atoms with E-state index in [2.05, 4.69) is 6.07 Å². The van der Waals surface area contributed by atoms with Crippen LogP contribution >= 0.6 is 23.2 Å². The summed E-state index contributed by atoms with van der Waals surface area (Å²) in [5, 5.41) is 10.9. The molecule has 0 aromatic heterocycles. The highest BCUT2D eigenvalue weighted by molar-refractivity contribution is 6.32. The van der Waals surface area contributed by atoms with Crippen molar-refractivity contribution in [3.8, 4) is 11.8 Å². The third-order valence-electron chi connectivity index (χ3n) is 5.77. The molecule has 2 aliphatic rings. The summed E-state index contributed by atoms with van der Waals surface area (Å²) in [6, 6.07) is 15.0. The number of nitriles is 1. The lowest BCUT2D eigenvalue weighted by atomic mass is 9.76. The SMILES string of the molecule is CN1C(N)=C(C#N)[C@@H](c2ccc(OCc3ccc(Cl)cc3)c(Cl)c2)C2=C1CCCC2=O. The van der Waals surface area contributed by atoms with Gasteiger partial charge in [-0.2, -0.15) is 5.26 Å². The van der Waals surface area contributed by atoms with Crippen molar-refractivity contribution >= 4 is 29.0 Å². The molecule has 1 heterocycles. The maximum absolute atomic E-state index is 12.8. The van der Waals surface area contributed by atoms with Gasteiger partial charge in [-0.25, -0.2) is 0 Å². The summed E-state index contributed by atoms with van der Waals surface area (Å²) in [5.74, 6) is 0.428. The molecule has 0 bridgehead atoms. The summed E-state index contributed by atoms with van der Waals surface area (Å²) in [6.07, 6.45) is 2.00. The molecule has 1 aliphatic carbocycles. The van der Waals surface area contributed by atoms with Gasteiger partial charge in [0.1, 0.15) is 18.2 Å². The molecule has 0 unspecified atom stereocenters. The lowest BCUT2D eigenvalue weighted by Crippen LogP contribution is -2.36. The second-order valence-electron chi connectivity index (χ2n) is 7.64. The number of carbonyl (C=O) groups is 1. The van der Waals surface area contributed by atoms with E-state index in [-0.39, 0.29) is 5.78 Å². The first-order chi connectivity index (χ1) is 14.9. The largest absolute Gasteiger partial charge is 0.487 e. The molecular formula is C24H21Cl2N3O2. The Labute approximate surface area is 191 Å². The van der Waals surface area contributed by atoms with Crippen LogP contribution in [0.3, 0.4) is 0 Å². The molecule has 2 N–H and O–H groups in total. The monoisotopic (exact) mass is 453 g/mol. The van der Waals surface area contributed by atoms with E-state index in [0.717, 1.165) is 29.7 Å². The van der Waals surface area contributed by atoms with Crippen molar-refractivity contribution < 1.29 is 9.53 Å². The minimum atomic E-state index is -0.521. The number of ether oxygens (including phenoxy) is 1. The Morgan fingerprint density at radius 3 is 2.61 bits per heavy atom. The Balaban J connectivity index is 1.67. The fraction of sp³-hybridized carbons (Fsp3) is 0.250. The van der Waals surface area contributed by atoms with Crippen molar-refractivity contribution in [1.29, 1.82) is 5.26 Å². The van der Waals surface area contributed by atoms with E-state index in [0.29, 0.717) is 45.8 Å². The number of carbonyl (C=O) groups excluding carboxylic acids is 1.